The highest BCUT2D eigenvalue weighted by Crippen LogP contribution is 2.39. The van der Waals surface area contributed by atoms with Crippen molar-refractivity contribution in [3.05, 3.63) is 16.3 Å². The third kappa shape index (κ3) is 2.50. The summed E-state index contributed by atoms with van der Waals surface area (Å²) in [4.78, 5) is 16.6. The molecule has 22 heavy (non-hydrogen) atoms. The van der Waals surface area contributed by atoms with Crippen molar-refractivity contribution in [2.45, 2.75) is 39.0 Å². The predicted molar refractivity (Wildman–Crippen MR) is 92.2 cm³/mol. The summed E-state index contributed by atoms with van der Waals surface area (Å²) in [6.45, 7) is 6.76. The summed E-state index contributed by atoms with van der Waals surface area (Å²) in [6.07, 6.45) is 6.36. The van der Waals surface area contributed by atoms with E-state index in [1.807, 2.05) is 18.3 Å². The molecule has 0 aromatic carbocycles. The molecule has 3 heterocycles. The van der Waals surface area contributed by atoms with Gasteiger partial charge in [0.2, 0.25) is 0 Å². The van der Waals surface area contributed by atoms with Crippen LogP contribution in [0.1, 0.15) is 35.5 Å². The fourth-order valence-electron chi connectivity index (χ4n) is 3.82. The van der Waals surface area contributed by atoms with Crippen LogP contribution in [0.3, 0.4) is 0 Å². The summed E-state index contributed by atoms with van der Waals surface area (Å²) < 4.78 is 0. The molecule has 1 atom stereocenters. The number of thiophene rings is 1. The van der Waals surface area contributed by atoms with Gasteiger partial charge in [0, 0.05) is 17.8 Å². The third-order valence-corrected chi connectivity index (χ3v) is 6.23. The van der Waals surface area contributed by atoms with E-state index < -0.39 is 0 Å². The molecule has 0 bridgehead atoms. The fourth-order valence-corrected chi connectivity index (χ4v) is 5.12. The third-order valence-electron chi connectivity index (χ3n) is 5.05. The van der Waals surface area contributed by atoms with Crippen molar-refractivity contribution in [1.82, 2.24) is 9.97 Å². The molecule has 0 spiro atoms. The molecule has 1 unspecified atom stereocenters. The van der Waals surface area contributed by atoms with E-state index in [1.54, 1.807) is 15.3 Å². The number of likely N-dealkylation sites (N-methyl/N-ethyl adjacent to an activating group) is 1. The van der Waals surface area contributed by atoms with Gasteiger partial charge in [-0.05, 0) is 38.2 Å². The second-order valence-corrected chi connectivity index (χ2v) is 7.87. The molecule has 2 aromatic rings. The number of aromatic nitrogens is 2. The van der Waals surface area contributed by atoms with E-state index in [9.17, 15) is 0 Å². The van der Waals surface area contributed by atoms with Crippen LogP contribution in [-0.4, -0.2) is 43.2 Å². The van der Waals surface area contributed by atoms with Gasteiger partial charge in [-0.2, -0.15) is 0 Å². The number of aryl methyl sites for hydroxylation is 3. The Hall–Kier alpha value is -1.20. The first kappa shape index (κ1) is 14.4. The lowest BCUT2D eigenvalue weighted by Gasteiger charge is -2.22. The highest BCUT2D eigenvalue weighted by Gasteiger charge is 2.24. The summed E-state index contributed by atoms with van der Waals surface area (Å²) in [6, 6.07) is 0. The lowest BCUT2D eigenvalue weighted by molar-refractivity contribution is -0.876. The average molecular weight is 317 g/mol. The van der Waals surface area contributed by atoms with Crippen LogP contribution in [0.15, 0.2) is 0 Å². The Morgan fingerprint density at radius 1 is 1.05 bits per heavy atom. The molecule has 1 saturated heterocycles. The number of hydrogen-bond donors (Lipinski definition) is 1. The molecule has 2 aromatic heterocycles. The molecule has 1 fully saturated rings. The smallest absolute Gasteiger partial charge is 0.141 e. The Kier molecular flexibility index (Phi) is 3.78. The maximum absolute atomic E-state index is 4.88. The van der Waals surface area contributed by atoms with Crippen LogP contribution in [0, 0.1) is 6.92 Å². The molecule has 4 rings (SSSR count). The summed E-state index contributed by atoms with van der Waals surface area (Å²) >= 11 is 1.91. The minimum atomic E-state index is 0.922. The van der Waals surface area contributed by atoms with Gasteiger partial charge in [0.25, 0.3) is 0 Å². The number of hydrogen-bond acceptors (Lipinski definition) is 4. The Labute approximate surface area is 136 Å². The zero-order chi connectivity index (χ0) is 15.1. The summed E-state index contributed by atoms with van der Waals surface area (Å²) in [7, 11) is 2.30. The zero-order valence-electron chi connectivity index (χ0n) is 13.6. The average Bonchev–Trinajstić information content (AvgIpc) is 2.73. The Balaban J connectivity index is 1.83. The van der Waals surface area contributed by atoms with Gasteiger partial charge >= 0.3 is 0 Å². The van der Waals surface area contributed by atoms with E-state index in [0.717, 1.165) is 18.9 Å². The van der Waals surface area contributed by atoms with Crippen LogP contribution < -0.4 is 9.80 Å². The van der Waals surface area contributed by atoms with Crippen molar-refractivity contribution in [1.29, 1.82) is 0 Å². The van der Waals surface area contributed by atoms with Crippen LogP contribution in [0.4, 0.5) is 5.82 Å². The van der Waals surface area contributed by atoms with E-state index in [4.69, 9.17) is 9.97 Å². The first-order valence-corrected chi connectivity index (χ1v) is 9.39. The van der Waals surface area contributed by atoms with E-state index in [0.29, 0.717) is 0 Å². The maximum Gasteiger partial charge on any atom is 0.141 e. The van der Waals surface area contributed by atoms with Crippen molar-refractivity contribution in [3.63, 3.8) is 0 Å². The number of nitrogens with one attached hydrogen (secondary N) is 1. The lowest BCUT2D eigenvalue weighted by atomic mass is 9.97. The molecule has 1 aliphatic heterocycles. The number of rotatable bonds is 1. The van der Waals surface area contributed by atoms with Crippen molar-refractivity contribution in [3.8, 4) is 0 Å². The SMILES string of the molecule is Cc1nc(N2CCC[NH+](C)CC2)c2c3c(sc2n1)CCCC3. The predicted octanol–water partition coefficient (Wildman–Crippen LogP) is 1.60. The second kappa shape index (κ2) is 5.78. The molecule has 2 aliphatic rings. The molecule has 1 aliphatic carbocycles. The number of anilines is 1. The second-order valence-electron chi connectivity index (χ2n) is 6.78. The van der Waals surface area contributed by atoms with Crippen molar-refractivity contribution >= 4 is 27.4 Å². The van der Waals surface area contributed by atoms with Crippen LogP contribution in [0.25, 0.3) is 10.2 Å². The zero-order valence-corrected chi connectivity index (χ0v) is 14.4. The highest BCUT2D eigenvalue weighted by atomic mass is 32.1. The number of nitrogens with zero attached hydrogens (tertiary/aromatic N) is 3. The Bertz CT molecular complexity index is 694. The lowest BCUT2D eigenvalue weighted by Crippen LogP contribution is -3.09. The van der Waals surface area contributed by atoms with Crippen molar-refractivity contribution < 1.29 is 4.90 Å². The molecule has 0 amide bonds. The van der Waals surface area contributed by atoms with E-state index in [-0.39, 0.29) is 0 Å². The monoisotopic (exact) mass is 317 g/mol. The minimum absolute atomic E-state index is 0.922. The first-order valence-electron chi connectivity index (χ1n) is 8.57. The van der Waals surface area contributed by atoms with Gasteiger partial charge in [-0.1, -0.05) is 0 Å². The Morgan fingerprint density at radius 3 is 2.82 bits per heavy atom. The van der Waals surface area contributed by atoms with Crippen LogP contribution in [0.2, 0.25) is 0 Å². The molecule has 118 valence electrons. The molecule has 4 nitrogen and oxygen atoms in total. The van der Waals surface area contributed by atoms with Gasteiger partial charge in [-0.25, -0.2) is 9.97 Å². The minimum Gasteiger partial charge on any atom is -0.350 e. The molecular weight excluding hydrogens is 292 g/mol. The molecule has 0 radical (unpaired) electrons. The highest BCUT2D eigenvalue weighted by molar-refractivity contribution is 7.19. The van der Waals surface area contributed by atoms with Crippen LogP contribution >= 0.6 is 11.3 Å². The number of fused-ring (bicyclic) bond motifs is 3. The topological polar surface area (TPSA) is 33.5 Å². The van der Waals surface area contributed by atoms with Crippen LogP contribution in [0.5, 0.6) is 0 Å². The molecule has 1 N–H and O–H groups in total. The van der Waals surface area contributed by atoms with E-state index in [1.165, 1.54) is 61.2 Å². The van der Waals surface area contributed by atoms with Crippen molar-refractivity contribution in [2.75, 3.05) is 38.1 Å². The summed E-state index contributed by atoms with van der Waals surface area (Å²) in [5, 5.41) is 1.38. The standard InChI is InChI=1S/C17H24N4S/c1-12-18-16(21-9-5-8-20(2)10-11-21)15-13-6-3-4-7-14(13)22-17(15)19-12/h3-11H2,1-2H3/p+1. The van der Waals surface area contributed by atoms with Gasteiger partial charge in [0.05, 0.1) is 32.1 Å². The number of quaternary nitrogens is 1. The maximum atomic E-state index is 4.88. The van der Waals surface area contributed by atoms with Gasteiger partial charge in [-0.15, -0.1) is 11.3 Å². The van der Waals surface area contributed by atoms with Crippen molar-refractivity contribution in [2.24, 2.45) is 0 Å². The van der Waals surface area contributed by atoms with Crippen LogP contribution in [-0.2, 0) is 12.8 Å². The summed E-state index contributed by atoms with van der Waals surface area (Å²) in [5.41, 5.74) is 1.56. The fraction of sp³-hybridized carbons (Fsp3) is 0.647. The quantitative estimate of drug-likeness (QED) is 0.867. The van der Waals surface area contributed by atoms with Gasteiger partial charge in [0.15, 0.2) is 0 Å². The largest absolute Gasteiger partial charge is 0.350 e. The normalized spacial score (nSPS) is 22.6. The Morgan fingerprint density at radius 2 is 1.91 bits per heavy atom. The summed E-state index contributed by atoms with van der Waals surface area (Å²) in [5.74, 6) is 2.14. The van der Waals surface area contributed by atoms with Gasteiger partial charge < -0.3 is 9.80 Å². The molecule has 0 saturated carbocycles. The van der Waals surface area contributed by atoms with Gasteiger partial charge in [-0.3, -0.25) is 0 Å². The van der Waals surface area contributed by atoms with E-state index >= 15 is 0 Å². The molecular formula is C17H25N4S+. The van der Waals surface area contributed by atoms with Gasteiger partial charge in [0.1, 0.15) is 16.5 Å². The first-order chi connectivity index (χ1) is 10.7. The van der Waals surface area contributed by atoms with E-state index in [2.05, 4.69) is 11.9 Å². The molecule has 5 heteroatoms.